The lowest BCUT2D eigenvalue weighted by atomic mass is 10.2. The van der Waals surface area contributed by atoms with Crippen molar-refractivity contribution in [2.45, 2.75) is 4.90 Å². The largest absolute Gasteiger partial charge is 0.478 e. The van der Waals surface area contributed by atoms with Crippen LogP contribution in [0.4, 0.5) is 0 Å². The van der Waals surface area contributed by atoms with Crippen LogP contribution >= 0.6 is 12.0 Å². The summed E-state index contributed by atoms with van der Waals surface area (Å²) in [6.07, 6.45) is 1.61. The van der Waals surface area contributed by atoms with Crippen LogP contribution in [0.2, 0.25) is 0 Å². The van der Waals surface area contributed by atoms with Crippen molar-refractivity contribution in [2.24, 2.45) is 0 Å². The minimum atomic E-state index is -0.974. The number of carbonyl (C=O) groups is 1. The molecular formula is C12H9NO3S. The molecule has 0 bridgehead atoms. The Hall–Kier alpha value is -2.01. The summed E-state index contributed by atoms with van der Waals surface area (Å²) < 4.78 is 5.33. The first-order valence-corrected chi connectivity index (χ1v) is 5.59. The number of benzene rings is 1. The van der Waals surface area contributed by atoms with Gasteiger partial charge in [0.05, 0.1) is 22.5 Å². The normalized spacial score (nSPS) is 9.88. The summed E-state index contributed by atoms with van der Waals surface area (Å²) in [6.45, 7) is 0. The number of aromatic carboxylic acids is 1. The summed E-state index contributed by atoms with van der Waals surface area (Å²) in [7, 11) is 0. The van der Waals surface area contributed by atoms with Crippen molar-refractivity contribution in [3.05, 3.63) is 54.2 Å². The van der Waals surface area contributed by atoms with Gasteiger partial charge in [-0.05, 0) is 18.2 Å². The van der Waals surface area contributed by atoms with Crippen LogP contribution in [0, 0.1) is 0 Å². The van der Waals surface area contributed by atoms with Gasteiger partial charge in [0.2, 0.25) is 5.88 Å². The van der Waals surface area contributed by atoms with Crippen molar-refractivity contribution >= 4 is 18.0 Å². The Balaban J connectivity index is 2.12. The van der Waals surface area contributed by atoms with Gasteiger partial charge in [0.15, 0.2) is 0 Å². The van der Waals surface area contributed by atoms with E-state index in [4.69, 9.17) is 9.29 Å². The number of carboxylic acid groups (broad SMARTS) is 1. The summed E-state index contributed by atoms with van der Waals surface area (Å²) in [6, 6.07) is 11.9. The summed E-state index contributed by atoms with van der Waals surface area (Å²) in [5.41, 5.74) is 0.216. The second kappa shape index (κ2) is 5.36. The molecule has 0 saturated carbocycles. The molecule has 86 valence electrons. The zero-order valence-electron chi connectivity index (χ0n) is 8.74. The standard InChI is InChI=1S/C12H9NO3S/c14-12(15)9-5-1-2-6-10(9)17-16-11-7-3-4-8-13-11/h1-8H,(H,14,15). The van der Waals surface area contributed by atoms with Crippen molar-refractivity contribution < 1.29 is 14.1 Å². The van der Waals surface area contributed by atoms with Crippen molar-refractivity contribution in [3.8, 4) is 5.88 Å². The Bertz CT molecular complexity index is 516. The molecule has 2 aromatic rings. The van der Waals surface area contributed by atoms with E-state index in [9.17, 15) is 4.79 Å². The van der Waals surface area contributed by atoms with E-state index in [1.807, 2.05) is 0 Å². The summed E-state index contributed by atoms with van der Waals surface area (Å²) in [4.78, 5) is 15.5. The van der Waals surface area contributed by atoms with E-state index in [1.54, 1.807) is 42.6 Å². The van der Waals surface area contributed by atoms with Gasteiger partial charge in [-0.3, -0.25) is 0 Å². The molecule has 1 aromatic heterocycles. The highest BCUT2D eigenvalue weighted by atomic mass is 32.2. The highest BCUT2D eigenvalue weighted by Crippen LogP contribution is 2.24. The van der Waals surface area contributed by atoms with Crippen LogP contribution in [0.15, 0.2) is 53.6 Å². The predicted octanol–water partition coefficient (Wildman–Crippen LogP) is 2.87. The number of carboxylic acids is 1. The fourth-order valence-corrected chi connectivity index (χ4v) is 1.85. The maximum Gasteiger partial charge on any atom is 0.336 e. The average Bonchev–Trinajstić information content (AvgIpc) is 2.38. The number of pyridine rings is 1. The fraction of sp³-hybridized carbons (Fsp3) is 0. The minimum Gasteiger partial charge on any atom is -0.478 e. The van der Waals surface area contributed by atoms with Gasteiger partial charge >= 0.3 is 5.97 Å². The van der Waals surface area contributed by atoms with Crippen LogP contribution in [0.25, 0.3) is 0 Å². The summed E-state index contributed by atoms with van der Waals surface area (Å²) >= 11 is 0.985. The molecule has 4 nitrogen and oxygen atoms in total. The Morgan fingerprint density at radius 1 is 1.18 bits per heavy atom. The number of hydrogen-bond donors (Lipinski definition) is 1. The van der Waals surface area contributed by atoms with Gasteiger partial charge in [0.1, 0.15) is 0 Å². The molecule has 17 heavy (non-hydrogen) atoms. The Labute approximate surface area is 102 Å². The first kappa shape index (κ1) is 11.5. The first-order valence-electron chi connectivity index (χ1n) is 4.85. The van der Waals surface area contributed by atoms with Crippen LogP contribution in [0.1, 0.15) is 10.4 Å². The van der Waals surface area contributed by atoms with Gasteiger partial charge in [-0.1, -0.05) is 18.2 Å². The van der Waals surface area contributed by atoms with Crippen LogP contribution in [0.5, 0.6) is 5.88 Å². The minimum absolute atomic E-state index is 0.216. The van der Waals surface area contributed by atoms with Gasteiger partial charge in [-0.15, -0.1) is 0 Å². The molecule has 0 radical (unpaired) electrons. The predicted molar refractivity (Wildman–Crippen MR) is 64.1 cm³/mol. The monoisotopic (exact) mass is 247 g/mol. The molecule has 5 heteroatoms. The third kappa shape index (κ3) is 2.98. The van der Waals surface area contributed by atoms with Crippen molar-refractivity contribution in [1.29, 1.82) is 0 Å². The molecule has 0 fully saturated rings. The lowest BCUT2D eigenvalue weighted by Crippen LogP contribution is -1.99. The number of hydrogen-bond acceptors (Lipinski definition) is 4. The van der Waals surface area contributed by atoms with E-state index in [0.717, 1.165) is 12.0 Å². The van der Waals surface area contributed by atoms with Gasteiger partial charge in [-0.25, -0.2) is 9.78 Å². The van der Waals surface area contributed by atoms with E-state index in [0.29, 0.717) is 10.8 Å². The van der Waals surface area contributed by atoms with Crippen LogP contribution < -0.4 is 4.18 Å². The molecule has 2 rings (SSSR count). The molecule has 0 spiro atoms. The van der Waals surface area contributed by atoms with Gasteiger partial charge in [0.25, 0.3) is 0 Å². The quantitative estimate of drug-likeness (QED) is 0.842. The summed E-state index contributed by atoms with van der Waals surface area (Å²) in [5, 5.41) is 8.98. The average molecular weight is 247 g/mol. The highest BCUT2D eigenvalue weighted by Gasteiger charge is 2.10. The van der Waals surface area contributed by atoms with Crippen molar-refractivity contribution in [2.75, 3.05) is 0 Å². The molecular weight excluding hydrogens is 238 g/mol. The maximum atomic E-state index is 10.9. The van der Waals surface area contributed by atoms with E-state index in [-0.39, 0.29) is 5.56 Å². The lowest BCUT2D eigenvalue weighted by molar-refractivity contribution is 0.0693. The Morgan fingerprint density at radius 2 is 1.94 bits per heavy atom. The molecule has 0 aliphatic heterocycles. The van der Waals surface area contributed by atoms with E-state index in [2.05, 4.69) is 4.98 Å². The lowest BCUT2D eigenvalue weighted by Gasteiger charge is -2.05. The third-order valence-electron chi connectivity index (χ3n) is 1.97. The van der Waals surface area contributed by atoms with Gasteiger partial charge < -0.3 is 9.29 Å². The maximum absolute atomic E-state index is 10.9. The molecule has 1 aromatic carbocycles. The number of aromatic nitrogens is 1. The van der Waals surface area contributed by atoms with Crippen molar-refractivity contribution in [3.63, 3.8) is 0 Å². The molecule has 0 amide bonds. The van der Waals surface area contributed by atoms with Crippen molar-refractivity contribution in [1.82, 2.24) is 4.98 Å². The van der Waals surface area contributed by atoms with Crippen LogP contribution in [0.3, 0.4) is 0 Å². The molecule has 0 aliphatic rings. The van der Waals surface area contributed by atoms with E-state index >= 15 is 0 Å². The molecule has 1 N–H and O–H groups in total. The number of nitrogens with zero attached hydrogens (tertiary/aromatic N) is 1. The Kier molecular flexibility index (Phi) is 3.62. The van der Waals surface area contributed by atoms with E-state index in [1.165, 1.54) is 6.07 Å². The van der Waals surface area contributed by atoms with Crippen LogP contribution in [-0.2, 0) is 0 Å². The zero-order valence-corrected chi connectivity index (χ0v) is 9.55. The van der Waals surface area contributed by atoms with Crippen LogP contribution in [-0.4, -0.2) is 16.1 Å². The molecule has 1 heterocycles. The fourth-order valence-electron chi connectivity index (χ4n) is 1.20. The van der Waals surface area contributed by atoms with E-state index < -0.39 is 5.97 Å². The van der Waals surface area contributed by atoms with Gasteiger partial charge in [0, 0.05) is 12.3 Å². The molecule has 0 aliphatic carbocycles. The second-order valence-corrected chi connectivity index (χ2v) is 3.91. The topological polar surface area (TPSA) is 59.4 Å². The smallest absolute Gasteiger partial charge is 0.336 e. The molecule has 0 saturated heterocycles. The summed E-state index contributed by atoms with van der Waals surface area (Å²) in [5.74, 6) is -0.532. The molecule has 0 atom stereocenters. The SMILES string of the molecule is O=C(O)c1ccccc1SOc1ccccn1. The number of rotatable bonds is 4. The zero-order chi connectivity index (χ0) is 12.1. The van der Waals surface area contributed by atoms with Gasteiger partial charge in [-0.2, -0.15) is 0 Å². The first-order chi connectivity index (χ1) is 8.27. The second-order valence-electron chi connectivity index (χ2n) is 3.14. The molecule has 0 unspecified atom stereocenters. The Morgan fingerprint density at radius 3 is 2.65 bits per heavy atom. The highest BCUT2D eigenvalue weighted by molar-refractivity contribution is 7.95. The third-order valence-corrected chi connectivity index (χ3v) is 2.76.